The van der Waals surface area contributed by atoms with Crippen LogP contribution in [0, 0.1) is 0 Å². The minimum absolute atomic E-state index is 0.177. The quantitative estimate of drug-likeness (QED) is 0.841. The molecule has 5 nitrogen and oxygen atoms in total. The molecule has 0 radical (unpaired) electrons. The Morgan fingerprint density at radius 2 is 2.10 bits per heavy atom. The van der Waals surface area contributed by atoms with Gasteiger partial charge in [0.05, 0.1) is 7.11 Å². The van der Waals surface area contributed by atoms with E-state index in [-0.39, 0.29) is 12.3 Å². The number of nitrogens with zero attached hydrogens (tertiary/aromatic N) is 1. The highest BCUT2D eigenvalue weighted by atomic mass is 16.5. The van der Waals surface area contributed by atoms with Crippen molar-refractivity contribution in [2.45, 2.75) is 13.2 Å². The normalized spacial score (nSPS) is 10.1. The van der Waals surface area contributed by atoms with Crippen molar-refractivity contribution in [3.05, 3.63) is 59.4 Å². The van der Waals surface area contributed by atoms with E-state index >= 15 is 0 Å². The van der Waals surface area contributed by atoms with Crippen LogP contribution in [0.1, 0.15) is 21.6 Å². The van der Waals surface area contributed by atoms with E-state index in [1.165, 1.54) is 0 Å². The molecule has 0 saturated heterocycles. The van der Waals surface area contributed by atoms with Crippen LogP contribution >= 0.6 is 0 Å². The lowest BCUT2D eigenvalue weighted by Crippen LogP contribution is -2.08. The van der Waals surface area contributed by atoms with Crippen LogP contribution in [-0.4, -0.2) is 18.1 Å². The Hall–Kier alpha value is -2.40. The molecule has 1 heterocycles. The van der Waals surface area contributed by atoms with Crippen LogP contribution in [0.25, 0.3) is 0 Å². The molecule has 0 aliphatic heterocycles. The Kier molecular flexibility index (Phi) is 4.68. The lowest BCUT2D eigenvalue weighted by molar-refractivity contribution is 0.0465. The SMILES string of the molecule is COc1cccc(COC(=O)c2ccc(CN)cn2)c1. The van der Waals surface area contributed by atoms with Gasteiger partial charge in [-0.3, -0.25) is 0 Å². The van der Waals surface area contributed by atoms with Crippen LogP contribution in [0.4, 0.5) is 0 Å². The van der Waals surface area contributed by atoms with E-state index in [9.17, 15) is 4.79 Å². The van der Waals surface area contributed by atoms with Crippen molar-refractivity contribution in [1.29, 1.82) is 0 Å². The zero-order chi connectivity index (χ0) is 14.4. The standard InChI is InChI=1S/C15H16N2O3/c1-19-13-4-2-3-11(7-13)10-20-15(18)14-6-5-12(8-16)9-17-14/h2-7,9H,8,10,16H2,1H3. The average Bonchev–Trinajstić information content (AvgIpc) is 2.53. The van der Waals surface area contributed by atoms with E-state index in [1.807, 2.05) is 24.3 Å². The number of esters is 1. The first-order valence-electron chi connectivity index (χ1n) is 6.18. The van der Waals surface area contributed by atoms with Crippen LogP contribution in [0.2, 0.25) is 0 Å². The summed E-state index contributed by atoms with van der Waals surface area (Å²) in [6.07, 6.45) is 1.57. The summed E-state index contributed by atoms with van der Waals surface area (Å²) < 4.78 is 10.3. The predicted octanol–water partition coefficient (Wildman–Crippen LogP) is 1.91. The number of benzene rings is 1. The molecule has 0 saturated carbocycles. The van der Waals surface area contributed by atoms with Crippen LogP contribution in [0.5, 0.6) is 5.75 Å². The van der Waals surface area contributed by atoms with Crippen molar-refractivity contribution < 1.29 is 14.3 Å². The largest absolute Gasteiger partial charge is 0.497 e. The van der Waals surface area contributed by atoms with E-state index < -0.39 is 5.97 Å². The second kappa shape index (κ2) is 6.68. The lowest BCUT2D eigenvalue weighted by atomic mass is 10.2. The molecule has 2 N–H and O–H groups in total. The summed E-state index contributed by atoms with van der Waals surface area (Å²) in [6, 6.07) is 10.7. The van der Waals surface area contributed by atoms with E-state index in [2.05, 4.69) is 4.98 Å². The van der Waals surface area contributed by atoms with Crippen molar-refractivity contribution >= 4 is 5.97 Å². The Morgan fingerprint density at radius 1 is 1.25 bits per heavy atom. The van der Waals surface area contributed by atoms with Gasteiger partial charge in [0.2, 0.25) is 0 Å². The van der Waals surface area contributed by atoms with Gasteiger partial charge < -0.3 is 15.2 Å². The number of carbonyl (C=O) groups is 1. The zero-order valence-electron chi connectivity index (χ0n) is 11.2. The van der Waals surface area contributed by atoms with E-state index in [0.717, 1.165) is 16.9 Å². The van der Waals surface area contributed by atoms with E-state index in [0.29, 0.717) is 6.54 Å². The van der Waals surface area contributed by atoms with Gasteiger partial charge in [-0.15, -0.1) is 0 Å². The third kappa shape index (κ3) is 3.55. The molecule has 0 aliphatic carbocycles. The van der Waals surface area contributed by atoms with E-state index in [1.54, 1.807) is 25.4 Å². The summed E-state index contributed by atoms with van der Waals surface area (Å²) in [7, 11) is 1.59. The maximum absolute atomic E-state index is 11.8. The molecule has 0 bridgehead atoms. The second-order valence-corrected chi connectivity index (χ2v) is 4.18. The number of carbonyl (C=O) groups excluding carboxylic acids is 1. The molecule has 5 heteroatoms. The molecule has 0 atom stereocenters. The van der Waals surface area contributed by atoms with Crippen molar-refractivity contribution in [3.8, 4) is 5.75 Å². The Morgan fingerprint density at radius 3 is 2.75 bits per heavy atom. The maximum Gasteiger partial charge on any atom is 0.357 e. The fraction of sp³-hybridized carbons (Fsp3) is 0.200. The summed E-state index contributed by atoms with van der Waals surface area (Å²) in [4.78, 5) is 15.8. The van der Waals surface area contributed by atoms with Gasteiger partial charge in [-0.2, -0.15) is 0 Å². The van der Waals surface area contributed by atoms with Crippen LogP contribution in [-0.2, 0) is 17.9 Å². The van der Waals surface area contributed by atoms with Crippen LogP contribution in [0.3, 0.4) is 0 Å². The van der Waals surface area contributed by atoms with E-state index in [4.69, 9.17) is 15.2 Å². The molecule has 0 aliphatic rings. The van der Waals surface area contributed by atoms with Crippen LogP contribution < -0.4 is 10.5 Å². The van der Waals surface area contributed by atoms with Gasteiger partial charge in [0.15, 0.2) is 0 Å². The molecule has 1 aromatic heterocycles. The fourth-order valence-electron chi connectivity index (χ4n) is 1.65. The van der Waals surface area contributed by atoms with Crippen molar-refractivity contribution in [2.24, 2.45) is 5.73 Å². The minimum Gasteiger partial charge on any atom is -0.497 e. The number of pyridine rings is 1. The molecule has 2 aromatic rings. The van der Waals surface area contributed by atoms with Gasteiger partial charge in [0.25, 0.3) is 0 Å². The van der Waals surface area contributed by atoms with Crippen molar-refractivity contribution in [1.82, 2.24) is 4.98 Å². The number of ether oxygens (including phenoxy) is 2. The van der Waals surface area contributed by atoms with Gasteiger partial charge >= 0.3 is 5.97 Å². The second-order valence-electron chi connectivity index (χ2n) is 4.18. The maximum atomic E-state index is 11.8. The highest BCUT2D eigenvalue weighted by Crippen LogP contribution is 2.13. The first kappa shape index (κ1) is 14.0. The third-order valence-corrected chi connectivity index (χ3v) is 2.77. The topological polar surface area (TPSA) is 74.4 Å². The van der Waals surface area contributed by atoms with Gasteiger partial charge in [-0.25, -0.2) is 9.78 Å². The first-order valence-corrected chi connectivity index (χ1v) is 6.18. The summed E-state index contributed by atoms with van der Waals surface area (Å²) in [5.41, 5.74) is 7.47. The Labute approximate surface area is 117 Å². The summed E-state index contributed by atoms with van der Waals surface area (Å²) in [5.74, 6) is 0.264. The smallest absolute Gasteiger partial charge is 0.357 e. The van der Waals surface area contributed by atoms with Crippen molar-refractivity contribution in [2.75, 3.05) is 7.11 Å². The molecule has 0 fully saturated rings. The molecule has 20 heavy (non-hydrogen) atoms. The van der Waals surface area contributed by atoms with Gasteiger partial charge in [-0.1, -0.05) is 18.2 Å². The highest BCUT2D eigenvalue weighted by molar-refractivity contribution is 5.87. The Balaban J connectivity index is 1.97. The number of rotatable bonds is 5. The number of hydrogen-bond donors (Lipinski definition) is 1. The third-order valence-electron chi connectivity index (χ3n) is 2.77. The minimum atomic E-state index is -0.462. The average molecular weight is 272 g/mol. The van der Waals surface area contributed by atoms with Crippen LogP contribution in [0.15, 0.2) is 42.6 Å². The lowest BCUT2D eigenvalue weighted by Gasteiger charge is -2.06. The Bertz CT molecular complexity index is 582. The molecule has 2 rings (SSSR count). The molecule has 0 unspecified atom stereocenters. The molecule has 104 valence electrons. The number of aromatic nitrogens is 1. The monoisotopic (exact) mass is 272 g/mol. The van der Waals surface area contributed by atoms with Crippen molar-refractivity contribution in [3.63, 3.8) is 0 Å². The first-order chi connectivity index (χ1) is 9.72. The molecular weight excluding hydrogens is 256 g/mol. The van der Waals surface area contributed by atoms with Gasteiger partial charge in [0.1, 0.15) is 18.1 Å². The fourth-order valence-corrected chi connectivity index (χ4v) is 1.65. The molecular formula is C15H16N2O3. The molecule has 1 aromatic carbocycles. The summed E-state index contributed by atoms with van der Waals surface area (Å²) in [5, 5.41) is 0. The summed E-state index contributed by atoms with van der Waals surface area (Å²) in [6.45, 7) is 0.572. The molecule has 0 amide bonds. The summed E-state index contributed by atoms with van der Waals surface area (Å²) >= 11 is 0. The van der Waals surface area contributed by atoms with Gasteiger partial charge in [0, 0.05) is 12.7 Å². The number of hydrogen-bond acceptors (Lipinski definition) is 5. The molecule has 0 spiro atoms. The zero-order valence-corrected chi connectivity index (χ0v) is 11.2. The number of nitrogens with two attached hydrogens (primary N) is 1. The number of methoxy groups -OCH3 is 1. The highest BCUT2D eigenvalue weighted by Gasteiger charge is 2.09. The van der Waals surface area contributed by atoms with Gasteiger partial charge in [-0.05, 0) is 29.3 Å². The predicted molar refractivity (Wildman–Crippen MR) is 74.2 cm³/mol.